The van der Waals surface area contributed by atoms with Crippen molar-refractivity contribution in [1.29, 1.82) is 0 Å². The topological polar surface area (TPSA) is 83.5 Å². The van der Waals surface area contributed by atoms with E-state index >= 15 is 0 Å². The minimum Gasteiger partial charge on any atom is -0.494 e. The van der Waals surface area contributed by atoms with Crippen molar-refractivity contribution in [3.8, 4) is 28.7 Å². The molecule has 2 aromatic rings. The number of carboxylic acid groups (broad SMARTS) is 1. The largest absolute Gasteiger partial charge is 0.494 e. The molecule has 0 aliphatic rings. The number of carboxylic acids is 1. The van der Waals surface area contributed by atoms with E-state index in [0.29, 0.717) is 40.9 Å². The molecule has 29 heavy (non-hydrogen) atoms. The number of benzene rings is 2. The molecule has 0 bridgehead atoms. The van der Waals surface area contributed by atoms with E-state index in [9.17, 15) is 9.90 Å². The molecule has 2 rings (SSSR count). The van der Waals surface area contributed by atoms with Crippen molar-refractivity contribution in [2.45, 2.75) is 19.8 Å². The highest BCUT2D eigenvalue weighted by atomic mass is 16.5. The van der Waals surface area contributed by atoms with Crippen molar-refractivity contribution in [2.75, 3.05) is 27.9 Å². The van der Waals surface area contributed by atoms with Crippen LogP contribution in [0.1, 0.15) is 25.3 Å². The number of hydrogen-bond donors (Lipinski definition) is 1. The summed E-state index contributed by atoms with van der Waals surface area (Å²) in [6.45, 7) is 2.73. The molecule has 2 aromatic carbocycles. The Kier molecular flexibility index (Phi) is 8.21. The van der Waals surface area contributed by atoms with Gasteiger partial charge in [0.25, 0.3) is 0 Å². The Morgan fingerprint density at radius 2 is 1.55 bits per heavy atom. The minimum atomic E-state index is -1.21. The quantitative estimate of drug-likeness (QED) is 0.339. The maximum Gasteiger partial charge on any atom is 0.371 e. The predicted molar refractivity (Wildman–Crippen MR) is 109 cm³/mol. The fraction of sp³-hybridized carbons (Fsp3) is 0.318. The number of rotatable bonds is 11. The van der Waals surface area contributed by atoms with Crippen molar-refractivity contribution >= 4 is 12.0 Å². The third kappa shape index (κ3) is 6.07. The van der Waals surface area contributed by atoms with Gasteiger partial charge in [0.1, 0.15) is 11.5 Å². The number of unbranched alkanes of at least 4 members (excludes halogenated alkanes) is 1. The standard InChI is InChI=1S/C22H26O7/c1-5-6-11-28-16-7-9-17(10-8-16)29-20(22(23)24)14-15-12-18(25-2)21(27-4)19(13-15)26-3/h7-10,12-14H,5-6,11H2,1-4H3,(H,23,24). The van der Waals surface area contributed by atoms with Crippen LogP contribution < -0.4 is 23.7 Å². The summed E-state index contributed by atoms with van der Waals surface area (Å²) in [6.07, 6.45) is 3.41. The molecule has 1 N–H and O–H groups in total. The molecule has 0 fully saturated rings. The maximum atomic E-state index is 11.7. The summed E-state index contributed by atoms with van der Waals surface area (Å²) < 4.78 is 27.0. The summed E-state index contributed by atoms with van der Waals surface area (Å²) in [7, 11) is 4.48. The predicted octanol–water partition coefficient (Wildman–Crippen LogP) is 4.40. The van der Waals surface area contributed by atoms with Crippen LogP contribution in [0.4, 0.5) is 0 Å². The summed E-state index contributed by atoms with van der Waals surface area (Å²) in [5.41, 5.74) is 0.524. The lowest BCUT2D eigenvalue weighted by molar-refractivity contribution is -0.134. The van der Waals surface area contributed by atoms with Gasteiger partial charge in [-0.05, 0) is 54.5 Å². The highest BCUT2D eigenvalue weighted by Gasteiger charge is 2.15. The van der Waals surface area contributed by atoms with E-state index in [2.05, 4.69) is 6.92 Å². The molecule has 156 valence electrons. The molecule has 0 saturated heterocycles. The smallest absolute Gasteiger partial charge is 0.371 e. The lowest BCUT2D eigenvalue weighted by Crippen LogP contribution is -2.08. The summed E-state index contributed by atoms with van der Waals surface area (Å²) in [4.78, 5) is 11.7. The van der Waals surface area contributed by atoms with Crippen molar-refractivity contribution in [3.63, 3.8) is 0 Å². The zero-order chi connectivity index (χ0) is 21.2. The summed E-state index contributed by atoms with van der Waals surface area (Å²) in [5.74, 6) is 0.877. The molecule has 0 aliphatic heterocycles. The lowest BCUT2D eigenvalue weighted by Gasteiger charge is -2.13. The van der Waals surface area contributed by atoms with Crippen LogP contribution in [0.2, 0.25) is 0 Å². The lowest BCUT2D eigenvalue weighted by atomic mass is 10.1. The van der Waals surface area contributed by atoms with Crippen molar-refractivity contribution in [3.05, 3.63) is 47.7 Å². The highest BCUT2D eigenvalue weighted by molar-refractivity contribution is 5.90. The molecular weight excluding hydrogens is 376 g/mol. The Balaban J connectivity index is 2.25. The number of ether oxygens (including phenoxy) is 5. The van der Waals surface area contributed by atoms with E-state index in [1.807, 2.05) is 0 Å². The van der Waals surface area contributed by atoms with Crippen molar-refractivity contribution in [2.24, 2.45) is 0 Å². The average molecular weight is 402 g/mol. The van der Waals surface area contributed by atoms with E-state index in [1.54, 1.807) is 36.4 Å². The normalized spacial score (nSPS) is 11.0. The van der Waals surface area contributed by atoms with Crippen LogP contribution >= 0.6 is 0 Å². The van der Waals surface area contributed by atoms with Crippen LogP contribution in [0.15, 0.2) is 42.2 Å². The van der Waals surface area contributed by atoms with E-state index in [1.165, 1.54) is 27.4 Å². The molecule has 0 unspecified atom stereocenters. The maximum absolute atomic E-state index is 11.7. The molecule has 0 atom stereocenters. The second-order valence-electron chi connectivity index (χ2n) is 6.05. The summed E-state index contributed by atoms with van der Waals surface area (Å²) in [5, 5.41) is 9.54. The summed E-state index contributed by atoms with van der Waals surface area (Å²) >= 11 is 0. The molecule has 0 aromatic heterocycles. The molecule has 7 heteroatoms. The Labute approximate surface area is 170 Å². The van der Waals surface area contributed by atoms with Crippen molar-refractivity contribution < 1.29 is 33.6 Å². The Hall–Kier alpha value is -3.35. The number of carbonyl (C=O) groups is 1. The van der Waals surface area contributed by atoms with Gasteiger partial charge in [-0.1, -0.05) is 13.3 Å². The van der Waals surface area contributed by atoms with Crippen LogP contribution in [0.5, 0.6) is 28.7 Å². The van der Waals surface area contributed by atoms with Gasteiger partial charge < -0.3 is 28.8 Å². The number of hydrogen-bond acceptors (Lipinski definition) is 6. The van der Waals surface area contributed by atoms with Gasteiger partial charge >= 0.3 is 5.97 Å². The fourth-order valence-electron chi connectivity index (χ4n) is 2.54. The van der Waals surface area contributed by atoms with Gasteiger partial charge in [-0.3, -0.25) is 0 Å². The van der Waals surface area contributed by atoms with Gasteiger partial charge in [0.15, 0.2) is 11.5 Å². The van der Waals surface area contributed by atoms with Gasteiger partial charge in [-0.2, -0.15) is 0 Å². The highest BCUT2D eigenvalue weighted by Crippen LogP contribution is 2.38. The van der Waals surface area contributed by atoms with E-state index < -0.39 is 5.97 Å². The first kappa shape index (κ1) is 21.9. The first-order chi connectivity index (χ1) is 14.0. The monoisotopic (exact) mass is 402 g/mol. The molecule has 0 radical (unpaired) electrons. The van der Waals surface area contributed by atoms with Crippen LogP contribution in [0.25, 0.3) is 6.08 Å². The minimum absolute atomic E-state index is 0.251. The average Bonchev–Trinajstić information content (AvgIpc) is 2.73. The molecule has 0 heterocycles. The van der Waals surface area contributed by atoms with E-state index in [4.69, 9.17) is 23.7 Å². The molecule has 7 nitrogen and oxygen atoms in total. The number of aliphatic carboxylic acids is 1. The van der Waals surface area contributed by atoms with Crippen LogP contribution in [-0.2, 0) is 4.79 Å². The van der Waals surface area contributed by atoms with E-state index in [0.717, 1.165) is 12.8 Å². The van der Waals surface area contributed by atoms with Gasteiger partial charge in [-0.15, -0.1) is 0 Å². The second-order valence-corrected chi connectivity index (χ2v) is 6.05. The van der Waals surface area contributed by atoms with Gasteiger partial charge in [0.05, 0.1) is 27.9 Å². The molecule has 0 saturated carbocycles. The second kappa shape index (κ2) is 10.8. The van der Waals surface area contributed by atoms with Crippen LogP contribution in [0.3, 0.4) is 0 Å². The first-order valence-electron chi connectivity index (χ1n) is 9.18. The van der Waals surface area contributed by atoms with Crippen LogP contribution in [0, 0.1) is 0 Å². The van der Waals surface area contributed by atoms with Gasteiger partial charge in [-0.25, -0.2) is 4.79 Å². The van der Waals surface area contributed by atoms with E-state index in [-0.39, 0.29) is 5.76 Å². The zero-order valence-corrected chi connectivity index (χ0v) is 17.1. The molecule has 0 aliphatic carbocycles. The molecule has 0 spiro atoms. The molecule has 0 amide bonds. The zero-order valence-electron chi connectivity index (χ0n) is 17.1. The third-order valence-corrected chi connectivity index (χ3v) is 4.01. The SMILES string of the molecule is CCCCOc1ccc(OC(=Cc2cc(OC)c(OC)c(OC)c2)C(=O)O)cc1. The Bertz CT molecular complexity index is 816. The van der Waals surface area contributed by atoms with Gasteiger partial charge in [0, 0.05) is 0 Å². The van der Waals surface area contributed by atoms with Gasteiger partial charge in [0.2, 0.25) is 11.5 Å². The fourth-order valence-corrected chi connectivity index (χ4v) is 2.54. The van der Waals surface area contributed by atoms with Crippen LogP contribution in [-0.4, -0.2) is 39.0 Å². The Morgan fingerprint density at radius 3 is 2.03 bits per heavy atom. The third-order valence-electron chi connectivity index (χ3n) is 4.01. The Morgan fingerprint density at radius 1 is 0.966 bits per heavy atom. The number of methoxy groups -OCH3 is 3. The van der Waals surface area contributed by atoms with Crippen molar-refractivity contribution in [1.82, 2.24) is 0 Å². The summed E-state index contributed by atoms with van der Waals surface area (Å²) in [6, 6.07) is 10.1. The first-order valence-corrected chi connectivity index (χ1v) is 9.18. The molecular formula is C22H26O7.